The first-order valence-corrected chi connectivity index (χ1v) is 8.39. The van der Waals surface area contributed by atoms with E-state index < -0.39 is 42.2 Å². The molecule has 0 aliphatic carbocycles. The fraction of sp³-hybridized carbons (Fsp3) is 0.529. The van der Waals surface area contributed by atoms with Crippen molar-refractivity contribution in [1.29, 1.82) is 0 Å². The second kappa shape index (κ2) is 7.53. The number of piperidine rings is 1. The Morgan fingerprint density at radius 1 is 1.46 bits per heavy atom. The molecule has 2 amide bonds. The van der Waals surface area contributed by atoms with Crippen LogP contribution in [0.15, 0.2) is 18.2 Å². The molecule has 0 spiro atoms. The summed E-state index contributed by atoms with van der Waals surface area (Å²) < 4.78 is 45.5. The van der Waals surface area contributed by atoms with Crippen molar-refractivity contribution in [1.82, 2.24) is 15.5 Å². The molecule has 1 aromatic carbocycles. The molecule has 0 radical (unpaired) electrons. The van der Waals surface area contributed by atoms with E-state index in [4.69, 9.17) is 4.74 Å². The number of ether oxygens (including phenoxy) is 1. The number of fused-ring (bicyclic) bond motifs is 1. The van der Waals surface area contributed by atoms with Gasteiger partial charge in [-0.3, -0.25) is 9.69 Å². The average molecular weight is 371 g/mol. The number of alkyl halides is 2. The maximum Gasteiger partial charge on any atom is 0.416 e. The quantitative estimate of drug-likeness (QED) is 0.845. The number of carbonyl (C=O) groups is 2. The molecule has 0 aromatic heterocycles. The topological polar surface area (TPSA) is 70.7 Å². The molecule has 142 valence electrons. The van der Waals surface area contributed by atoms with Crippen LogP contribution in [0.3, 0.4) is 0 Å². The van der Waals surface area contributed by atoms with E-state index in [1.807, 2.05) is 0 Å². The molecule has 4 atom stereocenters. The Labute approximate surface area is 148 Å². The lowest BCUT2D eigenvalue weighted by Gasteiger charge is -2.34. The predicted octanol–water partition coefficient (Wildman–Crippen LogP) is 1.68. The molecule has 9 heteroatoms. The molecule has 2 heterocycles. The first-order chi connectivity index (χ1) is 12.3. The van der Waals surface area contributed by atoms with Crippen LogP contribution in [0, 0.1) is 5.82 Å². The number of nitrogens with one attached hydrogen (secondary N) is 2. The standard InChI is InChI=1S/C17H20F3N3O3/c1-9(16-13(20)5-12(19)6-21-16)22-15(24)8-23-7-10-4-11(18)2-3-14(10)26-17(23)25/h2-4,9,12-13,16,21H,5-8H2,1H3,(H,22,24)/t9-,12?,13?,16?/m0/s1. The first kappa shape index (κ1) is 18.5. The Bertz CT molecular complexity index is 703. The maximum atomic E-state index is 13.9. The van der Waals surface area contributed by atoms with Crippen molar-refractivity contribution in [3.8, 4) is 5.75 Å². The summed E-state index contributed by atoms with van der Waals surface area (Å²) in [5.41, 5.74) is 0.456. The van der Waals surface area contributed by atoms with Crippen LogP contribution in [0.2, 0.25) is 0 Å². The summed E-state index contributed by atoms with van der Waals surface area (Å²) in [6, 6.07) is 2.49. The molecule has 2 aliphatic rings. The minimum absolute atomic E-state index is 0.0324. The zero-order valence-corrected chi connectivity index (χ0v) is 14.2. The van der Waals surface area contributed by atoms with Gasteiger partial charge in [0, 0.05) is 24.6 Å². The van der Waals surface area contributed by atoms with Gasteiger partial charge in [-0.1, -0.05) is 0 Å². The molecule has 2 N–H and O–H groups in total. The third kappa shape index (κ3) is 4.09. The Kier molecular flexibility index (Phi) is 5.36. The molecule has 2 aliphatic heterocycles. The molecule has 0 saturated carbocycles. The van der Waals surface area contributed by atoms with Gasteiger partial charge in [-0.2, -0.15) is 0 Å². The van der Waals surface area contributed by atoms with E-state index in [9.17, 15) is 22.8 Å². The molecule has 26 heavy (non-hydrogen) atoms. The number of halogens is 3. The normalized spacial score (nSPS) is 26.7. The lowest BCUT2D eigenvalue weighted by Crippen LogP contribution is -2.58. The second-order valence-electron chi connectivity index (χ2n) is 6.62. The fourth-order valence-corrected chi connectivity index (χ4v) is 3.24. The van der Waals surface area contributed by atoms with Crippen LogP contribution in [0.5, 0.6) is 5.75 Å². The number of amides is 2. The number of benzene rings is 1. The van der Waals surface area contributed by atoms with Crippen molar-refractivity contribution in [3.63, 3.8) is 0 Å². The Balaban J connectivity index is 1.57. The molecular weight excluding hydrogens is 351 g/mol. The molecular formula is C17H20F3N3O3. The van der Waals surface area contributed by atoms with Gasteiger partial charge in [-0.25, -0.2) is 18.0 Å². The van der Waals surface area contributed by atoms with E-state index in [0.29, 0.717) is 5.56 Å². The molecule has 3 unspecified atom stereocenters. The van der Waals surface area contributed by atoms with Crippen molar-refractivity contribution < 1.29 is 27.5 Å². The van der Waals surface area contributed by atoms with Crippen LogP contribution in [0.4, 0.5) is 18.0 Å². The number of hydrogen-bond acceptors (Lipinski definition) is 4. The summed E-state index contributed by atoms with van der Waals surface area (Å²) in [6.07, 6.45) is -3.58. The van der Waals surface area contributed by atoms with E-state index in [2.05, 4.69) is 10.6 Å². The van der Waals surface area contributed by atoms with Crippen LogP contribution in [0.25, 0.3) is 0 Å². The lowest BCUT2D eigenvalue weighted by molar-refractivity contribution is -0.123. The van der Waals surface area contributed by atoms with Crippen LogP contribution < -0.4 is 15.4 Å². The van der Waals surface area contributed by atoms with E-state index >= 15 is 0 Å². The number of nitrogens with zero attached hydrogens (tertiary/aromatic N) is 1. The Morgan fingerprint density at radius 2 is 2.23 bits per heavy atom. The number of hydrogen-bond donors (Lipinski definition) is 2. The summed E-state index contributed by atoms with van der Waals surface area (Å²) in [6.45, 7) is 1.37. The van der Waals surface area contributed by atoms with Crippen LogP contribution in [-0.4, -0.2) is 54.4 Å². The minimum atomic E-state index is -1.41. The van der Waals surface area contributed by atoms with Gasteiger partial charge < -0.3 is 15.4 Å². The highest BCUT2D eigenvalue weighted by atomic mass is 19.1. The van der Waals surface area contributed by atoms with Gasteiger partial charge in [0.15, 0.2) is 0 Å². The van der Waals surface area contributed by atoms with Gasteiger partial charge in [0.2, 0.25) is 5.91 Å². The molecule has 1 aromatic rings. The highest BCUT2D eigenvalue weighted by molar-refractivity contribution is 5.83. The zero-order valence-electron chi connectivity index (χ0n) is 14.2. The highest BCUT2D eigenvalue weighted by Gasteiger charge is 2.35. The Morgan fingerprint density at radius 3 is 2.96 bits per heavy atom. The number of carbonyl (C=O) groups excluding carboxylic acids is 2. The van der Waals surface area contributed by atoms with Gasteiger partial charge in [0.1, 0.15) is 30.5 Å². The molecule has 3 rings (SSSR count). The van der Waals surface area contributed by atoms with E-state index in [1.54, 1.807) is 6.92 Å². The average Bonchev–Trinajstić information content (AvgIpc) is 2.55. The largest absolute Gasteiger partial charge is 0.416 e. The van der Waals surface area contributed by atoms with Gasteiger partial charge in [0.25, 0.3) is 0 Å². The lowest BCUT2D eigenvalue weighted by atomic mass is 9.96. The molecule has 6 nitrogen and oxygen atoms in total. The van der Waals surface area contributed by atoms with E-state index in [-0.39, 0.29) is 31.8 Å². The summed E-state index contributed by atoms with van der Waals surface area (Å²) in [5, 5.41) is 5.35. The smallest absolute Gasteiger partial charge is 0.410 e. The van der Waals surface area contributed by atoms with E-state index in [1.165, 1.54) is 18.2 Å². The van der Waals surface area contributed by atoms with Crippen molar-refractivity contribution in [2.75, 3.05) is 13.1 Å². The highest BCUT2D eigenvalue weighted by Crippen LogP contribution is 2.26. The van der Waals surface area contributed by atoms with Gasteiger partial charge in [0.05, 0.1) is 12.6 Å². The van der Waals surface area contributed by atoms with Crippen LogP contribution >= 0.6 is 0 Å². The van der Waals surface area contributed by atoms with Crippen molar-refractivity contribution in [2.24, 2.45) is 0 Å². The van der Waals surface area contributed by atoms with Gasteiger partial charge >= 0.3 is 6.09 Å². The third-order valence-corrected chi connectivity index (χ3v) is 4.55. The van der Waals surface area contributed by atoms with Gasteiger partial charge in [-0.05, 0) is 25.1 Å². The van der Waals surface area contributed by atoms with Crippen molar-refractivity contribution in [3.05, 3.63) is 29.6 Å². The van der Waals surface area contributed by atoms with Gasteiger partial charge in [-0.15, -0.1) is 0 Å². The summed E-state index contributed by atoms with van der Waals surface area (Å²) >= 11 is 0. The van der Waals surface area contributed by atoms with Crippen molar-refractivity contribution in [2.45, 2.75) is 44.3 Å². The van der Waals surface area contributed by atoms with E-state index in [0.717, 1.165) is 4.90 Å². The predicted molar refractivity (Wildman–Crippen MR) is 86.6 cm³/mol. The van der Waals surface area contributed by atoms with Crippen LogP contribution in [0.1, 0.15) is 18.9 Å². The number of rotatable bonds is 4. The maximum absolute atomic E-state index is 13.9. The SMILES string of the molecule is C[C@H](NC(=O)CN1Cc2cc(F)ccc2OC1=O)C1NCC(F)CC1F. The first-order valence-electron chi connectivity index (χ1n) is 8.39. The molecule has 0 bridgehead atoms. The monoisotopic (exact) mass is 371 g/mol. The second-order valence-corrected chi connectivity index (χ2v) is 6.62. The molecule has 1 fully saturated rings. The fourth-order valence-electron chi connectivity index (χ4n) is 3.24. The Hall–Kier alpha value is -2.29. The molecule has 1 saturated heterocycles. The van der Waals surface area contributed by atoms with Crippen LogP contribution in [-0.2, 0) is 11.3 Å². The van der Waals surface area contributed by atoms with Crippen molar-refractivity contribution >= 4 is 12.0 Å². The zero-order chi connectivity index (χ0) is 18.8. The minimum Gasteiger partial charge on any atom is -0.410 e. The third-order valence-electron chi connectivity index (χ3n) is 4.55. The summed E-state index contributed by atoms with van der Waals surface area (Å²) in [4.78, 5) is 25.3. The summed E-state index contributed by atoms with van der Waals surface area (Å²) in [7, 11) is 0. The summed E-state index contributed by atoms with van der Waals surface area (Å²) in [5.74, 6) is -0.720.